The second-order valence-electron chi connectivity index (χ2n) is 6.88. The van der Waals surface area contributed by atoms with Crippen molar-refractivity contribution in [1.82, 2.24) is 0 Å². The molecular formula is C20H34FeSi2. The van der Waals surface area contributed by atoms with E-state index in [1.807, 2.05) is 0 Å². The van der Waals surface area contributed by atoms with Crippen molar-refractivity contribution in [3.8, 4) is 0 Å². The van der Waals surface area contributed by atoms with Crippen molar-refractivity contribution in [1.29, 1.82) is 0 Å². The molecule has 0 heterocycles. The van der Waals surface area contributed by atoms with Gasteiger partial charge in [-0.1, -0.05) is 65.0 Å². The summed E-state index contributed by atoms with van der Waals surface area (Å²) in [5.74, 6) is 0. The molecule has 130 valence electrons. The summed E-state index contributed by atoms with van der Waals surface area (Å²) >= 11 is 0. The fourth-order valence-corrected chi connectivity index (χ4v) is 7.50. The Morgan fingerprint density at radius 1 is 0.565 bits per heavy atom. The molecule has 0 N–H and O–H groups in total. The van der Waals surface area contributed by atoms with E-state index in [1.165, 1.54) is 24.2 Å². The minimum atomic E-state index is -1.02. The molecular weight excluding hydrogens is 352 g/mol. The van der Waals surface area contributed by atoms with Crippen LogP contribution in [0.5, 0.6) is 0 Å². The summed E-state index contributed by atoms with van der Waals surface area (Å²) in [6.07, 6.45) is 0. The van der Waals surface area contributed by atoms with Crippen LogP contribution in [0.1, 0.15) is 27.7 Å². The molecule has 0 amide bonds. The van der Waals surface area contributed by atoms with Gasteiger partial charge in [0.25, 0.3) is 0 Å². The third-order valence-corrected chi connectivity index (χ3v) is 15.5. The van der Waals surface area contributed by atoms with Gasteiger partial charge in [-0.2, -0.15) is 34.6 Å². The van der Waals surface area contributed by atoms with Crippen LogP contribution >= 0.6 is 0 Å². The molecule has 0 spiro atoms. The van der Waals surface area contributed by atoms with E-state index < -0.39 is 16.1 Å². The van der Waals surface area contributed by atoms with Gasteiger partial charge in [0.05, 0.1) is 0 Å². The average Bonchev–Trinajstić information content (AvgIpc) is 3.27. The van der Waals surface area contributed by atoms with Crippen molar-refractivity contribution in [2.75, 3.05) is 0 Å². The van der Waals surface area contributed by atoms with E-state index in [2.05, 4.69) is 89.3 Å². The first kappa shape index (κ1) is 22.7. The van der Waals surface area contributed by atoms with Crippen LogP contribution in [0, 0.1) is 0 Å². The Morgan fingerprint density at radius 2 is 0.783 bits per heavy atom. The monoisotopic (exact) mass is 386 g/mol. The van der Waals surface area contributed by atoms with Crippen molar-refractivity contribution in [2.24, 2.45) is 0 Å². The number of rotatable bonds is 6. The van der Waals surface area contributed by atoms with Gasteiger partial charge in [-0.15, -0.1) is 0 Å². The molecule has 23 heavy (non-hydrogen) atoms. The van der Waals surface area contributed by atoms with Crippen LogP contribution in [0.15, 0.2) is 48.5 Å². The van der Waals surface area contributed by atoms with E-state index in [9.17, 15) is 0 Å². The van der Waals surface area contributed by atoms with Crippen LogP contribution < -0.4 is 10.4 Å². The third-order valence-electron chi connectivity index (χ3n) is 5.84. The Morgan fingerprint density at radius 3 is 0.957 bits per heavy atom. The van der Waals surface area contributed by atoms with Crippen LogP contribution in [0.25, 0.3) is 0 Å². The van der Waals surface area contributed by atoms with E-state index in [0.29, 0.717) is 0 Å². The maximum absolute atomic E-state index is 2.47. The predicted molar refractivity (Wildman–Crippen MR) is 108 cm³/mol. The van der Waals surface area contributed by atoms with Crippen molar-refractivity contribution < 1.29 is 17.1 Å². The zero-order valence-corrected chi connectivity index (χ0v) is 18.9. The number of hydrogen-bond donors (Lipinski definition) is 0. The van der Waals surface area contributed by atoms with Gasteiger partial charge < -0.3 is 0 Å². The molecule has 0 atom stereocenters. The fourth-order valence-electron chi connectivity index (χ4n) is 2.87. The van der Waals surface area contributed by atoms with E-state index in [-0.39, 0.29) is 17.1 Å². The van der Waals surface area contributed by atoms with Crippen LogP contribution in [0.2, 0.25) is 37.3 Å². The Kier molecular flexibility index (Phi) is 10.3. The predicted octanol–water partition coefficient (Wildman–Crippen LogP) is 5.46. The molecule has 0 bridgehead atoms. The molecule has 0 radical (unpaired) electrons. The van der Waals surface area contributed by atoms with Gasteiger partial charge in [-0.05, 0) is 0 Å². The van der Waals surface area contributed by atoms with Crippen LogP contribution in [0.3, 0.4) is 0 Å². The third kappa shape index (κ3) is 5.90. The molecule has 3 heteroatoms. The van der Waals surface area contributed by atoms with Gasteiger partial charge in [0.15, 0.2) is 0 Å². The average molecular weight is 387 g/mol. The Labute approximate surface area is 156 Å². The zero-order chi connectivity index (χ0) is 16.6. The zero-order valence-electron chi connectivity index (χ0n) is 15.8. The van der Waals surface area contributed by atoms with Gasteiger partial charge in [-0.3, -0.25) is 0 Å². The van der Waals surface area contributed by atoms with Crippen LogP contribution in [-0.2, 0) is 17.1 Å². The maximum atomic E-state index is 2.47. The largest absolute Gasteiger partial charge is 2.00 e. The quantitative estimate of drug-likeness (QED) is 0.457. The Hall–Kier alpha value is -0.347. The smallest absolute Gasteiger partial charge is 0.214 e. The first-order chi connectivity index (χ1) is 10.5. The maximum Gasteiger partial charge on any atom is 2.00 e. The van der Waals surface area contributed by atoms with Crippen LogP contribution in [0.4, 0.5) is 0 Å². The minimum absolute atomic E-state index is 0. The molecule has 0 fully saturated rings. The summed E-state index contributed by atoms with van der Waals surface area (Å²) in [5.41, 5.74) is 0. The second kappa shape index (κ2) is 10.5. The summed E-state index contributed by atoms with van der Waals surface area (Å²) in [7, 11) is -2.04. The molecule has 0 nitrogen and oxygen atoms in total. The SMILES string of the molecule is CC[Si](C)(CC)[c-]1cccc1.CC[Si](C)(CC)[c-]1cccc1.[Fe+2]. The molecule has 0 aliphatic rings. The van der Waals surface area contributed by atoms with E-state index in [4.69, 9.17) is 0 Å². The van der Waals surface area contributed by atoms with Gasteiger partial charge in [0.1, 0.15) is 0 Å². The van der Waals surface area contributed by atoms with Crippen molar-refractivity contribution in [3.05, 3.63) is 48.5 Å². The van der Waals surface area contributed by atoms with Gasteiger partial charge in [-0.25, -0.2) is 24.3 Å². The standard InChI is InChI=1S/2C10H17Si.Fe/c2*1-4-11(3,5-2)10-8-6-7-9-10;/h2*6-9H,4-5H2,1-3H3;/q2*-1;+2. The molecule has 0 unspecified atom stereocenters. The minimum Gasteiger partial charge on any atom is -0.214 e. The molecule has 2 aromatic rings. The molecule has 0 aliphatic carbocycles. The normalized spacial score (nSPS) is 11.4. The van der Waals surface area contributed by atoms with Gasteiger partial charge >= 0.3 is 17.1 Å². The molecule has 0 saturated heterocycles. The molecule has 2 aromatic carbocycles. The Bertz CT molecular complexity index is 443. The fraction of sp³-hybridized carbons (Fsp3) is 0.500. The molecule has 0 aliphatic heterocycles. The van der Waals surface area contributed by atoms with E-state index in [1.54, 1.807) is 10.4 Å². The van der Waals surface area contributed by atoms with E-state index >= 15 is 0 Å². The van der Waals surface area contributed by atoms with Gasteiger partial charge in [0.2, 0.25) is 0 Å². The van der Waals surface area contributed by atoms with Crippen LogP contribution in [-0.4, -0.2) is 16.1 Å². The topological polar surface area (TPSA) is 0 Å². The first-order valence-electron chi connectivity index (χ1n) is 8.90. The number of hydrogen-bond acceptors (Lipinski definition) is 0. The second-order valence-corrected chi connectivity index (χ2v) is 17.1. The van der Waals surface area contributed by atoms with Crippen molar-refractivity contribution >= 4 is 26.5 Å². The summed E-state index contributed by atoms with van der Waals surface area (Å²) in [4.78, 5) is 0. The van der Waals surface area contributed by atoms with Crippen molar-refractivity contribution in [2.45, 2.75) is 65.0 Å². The van der Waals surface area contributed by atoms with Crippen molar-refractivity contribution in [3.63, 3.8) is 0 Å². The molecule has 2 rings (SSSR count). The van der Waals surface area contributed by atoms with E-state index in [0.717, 1.165) is 0 Å². The van der Waals surface area contributed by atoms with Gasteiger partial charge in [0, 0.05) is 16.1 Å². The summed E-state index contributed by atoms with van der Waals surface area (Å²) in [6.45, 7) is 14.2. The summed E-state index contributed by atoms with van der Waals surface area (Å²) in [5, 5.41) is 3.25. The Balaban J connectivity index is 0.000000403. The molecule has 0 saturated carbocycles. The summed E-state index contributed by atoms with van der Waals surface area (Å²) in [6, 6.07) is 23.3. The summed E-state index contributed by atoms with van der Waals surface area (Å²) < 4.78 is 0. The molecule has 0 aromatic heterocycles. The first-order valence-corrected chi connectivity index (χ1v) is 14.7.